The predicted octanol–water partition coefficient (Wildman–Crippen LogP) is 2.05. The van der Waals surface area contributed by atoms with Crippen molar-refractivity contribution >= 4 is 11.7 Å². The lowest BCUT2D eigenvalue weighted by molar-refractivity contribution is -0.142. The molecule has 1 aliphatic heterocycles. The standard InChI is InChI=1S/C16H19N3O3/c1-10-5-11(2)7-12(6-10)13-8-15(19-18-13)17-16(20)14-9-21-3-4-22-14/h5-8,14H,3-4,9H2,1-2H3,(H2,17,18,19,20). The Morgan fingerprint density at radius 3 is 2.68 bits per heavy atom. The van der Waals surface area contributed by atoms with E-state index in [0.29, 0.717) is 19.0 Å². The normalized spacial score (nSPS) is 18.2. The first kappa shape index (κ1) is 14.7. The van der Waals surface area contributed by atoms with E-state index in [4.69, 9.17) is 9.47 Å². The van der Waals surface area contributed by atoms with Gasteiger partial charge in [-0.05, 0) is 26.0 Å². The summed E-state index contributed by atoms with van der Waals surface area (Å²) >= 11 is 0. The van der Waals surface area contributed by atoms with Crippen LogP contribution in [0.4, 0.5) is 5.82 Å². The summed E-state index contributed by atoms with van der Waals surface area (Å²) in [6, 6.07) is 8.08. The number of carbonyl (C=O) groups excluding carboxylic acids is 1. The molecule has 1 aromatic carbocycles. The zero-order valence-corrected chi connectivity index (χ0v) is 12.7. The van der Waals surface area contributed by atoms with Crippen LogP contribution in [0.3, 0.4) is 0 Å². The number of hydrogen-bond donors (Lipinski definition) is 2. The van der Waals surface area contributed by atoms with Crippen molar-refractivity contribution in [2.45, 2.75) is 20.0 Å². The van der Waals surface area contributed by atoms with E-state index in [9.17, 15) is 4.79 Å². The highest BCUT2D eigenvalue weighted by Gasteiger charge is 2.23. The number of H-pyrrole nitrogens is 1. The van der Waals surface area contributed by atoms with E-state index >= 15 is 0 Å². The van der Waals surface area contributed by atoms with Crippen molar-refractivity contribution in [3.63, 3.8) is 0 Å². The molecule has 1 fully saturated rings. The summed E-state index contributed by atoms with van der Waals surface area (Å²) in [5.41, 5.74) is 4.27. The zero-order chi connectivity index (χ0) is 15.5. The van der Waals surface area contributed by atoms with Crippen LogP contribution < -0.4 is 5.32 Å². The topological polar surface area (TPSA) is 76.2 Å². The number of amides is 1. The number of aromatic nitrogens is 2. The third kappa shape index (κ3) is 3.35. The molecule has 2 heterocycles. The second-order valence-corrected chi connectivity index (χ2v) is 5.47. The Morgan fingerprint density at radius 1 is 1.23 bits per heavy atom. The van der Waals surface area contributed by atoms with Gasteiger partial charge in [-0.2, -0.15) is 5.10 Å². The third-order valence-electron chi connectivity index (χ3n) is 3.47. The lowest BCUT2D eigenvalue weighted by atomic mass is 10.1. The van der Waals surface area contributed by atoms with Crippen LogP contribution in [0.5, 0.6) is 0 Å². The fourth-order valence-electron chi connectivity index (χ4n) is 2.51. The van der Waals surface area contributed by atoms with Crippen molar-refractivity contribution in [1.29, 1.82) is 0 Å². The number of nitrogens with zero attached hydrogens (tertiary/aromatic N) is 1. The Kier molecular flexibility index (Phi) is 4.22. The molecule has 22 heavy (non-hydrogen) atoms. The maximum absolute atomic E-state index is 12.1. The van der Waals surface area contributed by atoms with Crippen molar-refractivity contribution in [3.05, 3.63) is 35.4 Å². The van der Waals surface area contributed by atoms with E-state index < -0.39 is 6.10 Å². The summed E-state index contributed by atoms with van der Waals surface area (Å²) in [6.07, 6.45) is -0.574. The van der Waals surface area contributed by atoms with E-state index in [1.165, 1.54) is 11.1 Å². The average molecular weight is 301 g/mol. The molecule has 1 atom stereocenters. The molecule has 1 saturated heterocycles. The molecule has 6 heteroatoms. The molecule has 0 spiro atoms. The fourth-order valence-corrected chi connectivity index (χ4v) is 2.51. The van der Waals surface area contributed by atoms with Crippen molar-refractivity contribution in [3.8, 4) is 11.3 Å². The molecule has 116 valence electrons. The minimum Gasteiger partial charge on any atom is -0.376 e. The maximum atomic E-state index is 12.1. The highest BCUT2D eigenvalue weighted by Crippen LogP contribution is 2.22. The van der Waals surface area contributed by atoms with Gasteiger partial charge in [-0.3, -0.25) is 9.89 Å². The van der Waals surface area contributed by atoms with Crippen LogP contribution in [0.2, 0.25) is 0 Å². The van der Waals surface area contributed by atoms with E-state index in [0.717, 1.165) is 11.3 Å². The molecule has 3 rings (SSSR count). The Bertz CT molecular complexity index is 655. The van der Waals surface area contributed by atoms with E-state index in [-0.39, 0.29) is 12.5 Å². The Hall–Kier alpha value is -2.18. The van der Waals surface area contributed by atoms with E-state index in [1.807, 2.05) is 6.07 Å². The maximum Gasteiger partial charge on any atom is 0.257 e. The van der Waals surface area contributed by atoms with Gasteiger partial charge >= 0.3 is 0 Å². The number of nitrogens with one attached hydrogen (secondary N) is 2. The minimum atomic E-state index is -0.574. The molecule has 0 saturated carbocycles. The summed E-state index contributed by atoms with van der Waals surface area (Å²) in [5.74, 6) is 0.242. The van der Waals surface area contributed by atoms with Crippen molar-refractivity contribution < 1.29 is 14.3 Å². The number of rotatable bonds is 3. The number of ether oxygens (including phenoxy) is 2. The van der Waals surface area contributed by atoms with Crippen LogP contribution in [0.1, 0.15) is 11.1 Å². The smallest absolute Gasteiger partial charge is 0.257 e. The number of aromatic amines is 1. The summed E-state index contributed by atoms with van der Waals surface area (Å²) in [6.45, 7) is 5.35. The molecule has 0 radical (unpaired) electrons. The first-order chi connectivity index (χ1) is 10.6. The first-order valence-corrected chi connectivity index (χ1v) is 7.26. The predicted molar refractivity (Wildman–Crippen MR) is 82.7 cm³/mol. The summed E-state index contributed by atoms with van der Waals surface area (Å²) < 4.78 is 10.6. The SMILES string of the molecule is Cc1cc(C)cc(-c2cc(NC(=O)C3COCCO3)n[nH]2)c1. The Morgan fingerprint density at radius 2 is 2.00 bits per heavy atom. The zero-order valence-electron chi connectivity index (χ0n) is 12.7. The molecular weight excluding hydrogens is 282 g/mol. The van der Waals surface area contributed by atoms with Crippen molar-refractivity contribution in [2.75, 3.05) is 25.1 Å². The van der Waals surface area contributed by atoms with Crippen LogP contribution >= 0.6 is 0 Å². The van der Waals surface area contributed by atoms with Crippen LogP contribution in [0.25, 0.3) is 11.3 Å². The second kappa shape index (κ2) is 6.29. The third-order valence-corrected chi connectivity index (χ3v) is 3.47. The molecule has 1 aromatic heterocycles. The summed E-state index contributed by atoms with van der Waals surface area (Å²) in [4.78, 5) is 12.1. The number of carbonyl (C=O) groups is 1. The number of anilines is 1. The average Bonchev–Trinajstić information content (AvgIpc) is 2.96. The van der Waals surface area contributed by atoms with Gasteiger partial charge in [0.15, 0.2) is 11.9 Å². The van der Waals surface area contributed by atoms with Gasteiger partial charge in [-0.1, -0.05) is 17.2 Å². The van der Waals surface area contributed by atoms with Gasteiger partial charge in [0.2, 0.25) is 0 Å². The largest absolute Gasteiger partial charge is 0.376 e. The van der Waals surface area contributed by atoms with Crippen LogP contribution in [0.15, 0.2) is 24.3 Å². The molecule has 1 unspecified atom stereocenters. The van der Waals surface area contributed by atoms with Crippen molar-refractivity contribution in [1.82, 2.24) is 10.2 Å². The Labute approximate surface area is 128 Å². The lowest BCUT2D eigenvalue weighted by Crippen LogP contribution is -2.39. The van der Waals surface area contributed by atoms with Crippen molar-refractivity contribution in [2.24, 2.45) is 0 Å². The highest BCUT2D eigenvalue weighted by molar-refractivity contribution is 5.94. The van der Waals surface area contributed by atoms with Gasteiger partial charge in [0.05, 0.1) is 25.5 Å². The van der Waals surface area contributed by atoms with Gasteiger partial charge in [0.25, 0.3) is 5.91 Å². The number of aryl methyl sites for hydroxylation is 2. The number of benzene rings is 1. The van der Waals surface area contributed by atoms with Gasteiger partial charge in [-0.25, -0.2) is 0 Å². The highest BCUT2D eigenvalue weighted by atomic mass is 16.6. The second-order valence-electron chi connectivity index (χ2n) is 5.47. The molecule has 0 bridgehead atoms. The molecule has 2 N–H and O–H groups in total. The lowest BCUT2D eigenvalue weighted by Gasteiger charge is -2.21. The van der Waals surface area contributed by atoms with Gasteiger partial charge < -0.3 is 14.8 Å². The van der Waals surface area contributed by atoms with Gasteiger partial charge in [0, 0.05) is 11.6 Å². The monoisotopic (exact) mass is 301 g/mol. The quantitative estimate of drug-likeness (QED) is 0.909. The number of hydrogen-bond acceptors (Lipinski definition) is 4. The molecule has 0 aliphatic carbocycles. The van der Waals surface area contributed by atoms with Crippen LogP contribution in [0, 0.1) is 13.8 Å². The molecule has 2 aromatic rings. The van der Waals surface area contributed by atoms with Crippen LogP contribution in [-0.4, -0.2) is 42.0 Å². The first-order valence-electron chi connectivity index (χ1n) is 7.26. The molecule has 1 aliphatic rings. The molecule has 6 nitrogen and oxygen atoms in total. The minimum absolute atomic E-state index is 0.238. The van der Waals surface area contributed by atoms with E-state index in [2.05, 4.69) is 47.6 Å². The molecular formula is C16H19N3O3. The Balaban J connectivity index is 1.72. The van der Waals surface area contributed by atoms with E-state index in [1.54, 1.807) is 0 Å². The van der Waals surface area contributed by atoms with Gasteiger partial charge in [0.1, 0.15) is 0 Å². The summed E-state index contributed by atoms with van der Waals surface area (Å²) in [7, 11) is 0. The molecule has 1 amide bonds. The fraction of sp³-hybridized carbons (Fsp3) is 0.375. The van der Waals surface area contributed by atoms with Gasteiger partial charge in [-0.15, -0.1) is 0 Å². The van der Waals surface area contributed by atoms with Crippen LogP contribution in [-0.2, 0) is 14.3 Å². The summed E-state index contributed by atoms with van der Waals surface area (Å²) in [5, 5.41) is 9.83.